The summed E-state index contributed by atoms with van der Waals surface area (Å²) in [5.41, 5.74) is 1.13. The van der Waals surface area contributed by atoms with Crippen LogP contribution >= 0.6 is 11.6 Å². The fraction of sp³-hybridized carbons (Fsp3) is 0.650. The van der Waals surface area contributed by atoms with Crippen molar-refractivity contribution in [1.29, 1.82) is 0 Å². The molecule has 3 rings (SSSR count). The zero-order valence-electron chi connectivity index (χ0n) is 16.0. The van der Waals surface area contributed by atoms with Crippen LogP contribution in [0.1, 0.15) is 25.7 Å². The van der Waals surface area contributed by atoms with Gasteiger partial charge in [0.1, 0.15) is 0 Å². The molecule has 1 aromatic carbocycles. The van der Waals surface area contributed by atoms with Crippen molar-refractivity contribution >= 4 is 23.2 Å². The predicted octanol–water partition coefficient (Wildman–Crippen LogP) is 2.82. The zero-order chi connectivity index (χ0) is 18.4. The summed E-state index contributed by atoms with van der Waals surface area (Å²) in [7, 11) is 4.07. The summed E-state index contributed by atoms with van der Waals surface area (Å²) in [5.74, 6) is 1.63. The molecule has 0 bridgehead atoms. The molecule has 2 N–H and O–H groups in total. The number of aliphatic imine (C=N–C) groups is 1. The van der Waals surface area contributed by atoms with E-state index < -0.39 is 0 Å². The highest BCUT2D eigenvalue weighted by atomic mass is 35.5. The molecule has 6 heteroatoms. The third-order valence-corrected chi connectivity index (χ3v) is 5.78. The smallest absolute Gasteiger partial charge is 0.191 e. The molecule has 0 aromatic heterocycles. The fourth-order valence-corrected chi connectivity index (χ4v) is 4.35. The minimum absolute atomic E-state index is 0.389. The Bertz CT molecular complexity index is 606. The van der Waals surface area contributed by atoms with Crippen molar-refractivity contribution in [3.05, 3.63) is 29.3 Å². The number of hydrogen-bond donors (Lipinski definition) is 2. The number of piperidine rings is 2. The summed E-state index contributed by atoms with van der Waals surface area (Å²) in [6.45, 7) is 5.40. The van der Waals surface area contributed by atoms with Crippen molar-refractivity contribution in [2.45, 2.75) is 31.7 Å². The first-order chi connectivity index (χ1) is 12.7. The number of guanidine groups is 1. The highest BCUT2D eigenvalue weighted by Crippen LogP contribution is 2.27. The van der Waals surface area contributed by atoms with E-state index >= 15 is 0 Å². The zero-order valence-corrected chi connectivity index (χ0v) is 16.8. The van der Waals surface area contributed by atoms with Gasteiger partial charge in [0.25, 0.3) is 0 Å². The molecule has 0 spiro atoms. The SMILES string of the molecule is CN=C(NCC1CCCN(C)C1)NC1CCCN(c2ccccc2Cl)C1. The van der Waals surface area contributed by atoms with E-state index in [1.165, 1.54) is 25.9 Å². The molecular formula is C20H32ClN5. The number of para-hydroxylation sites is 1. The van der Waals surface area contributed by atoms with Crippen molar-refractivity contribution in [3.8, 4) is 0 Å². The predicted molar refractivity (Wildman–Crippen MR) is 111 cm³/mol. The number of hydrogen-bond acceptors (Lipinski definition) is 3. The number of benzene rings is 1. The molecule has 2 heterocycles. The van der Waals surface area contributed by atoms with E-state index in [1.54, 1.807) is 0 Å². The van der Waals surface area contributed by atoms with Crippen LogP contribution in [0.5, 0.6) is 0 Å². The monoisotopic (exact) mass is 377 g/mol. The van der Waals surface area contributed by atoms with Crippen molar-refractivity contribution < 1.29 is 0 Å². The minimum atomic E-state index is 0.389. The van der Waals surface area contributed by atoms with Crippen LogP contribution in [0.3, 0.4) is 0 Å². The first kappa shape index (κ1) is 19.3. The maximum Gasteiger partial charge on any atom is 0.191 e. The summed E-state index contributed by atoms with van der Waals surface area (Å²) in [6.07, 6.45) is 4.92. The van der Waals surface area contributed by atoms with Crippen LogP contribution in [0, 0.1) is 5.92 Å². The maximum atomic E-state index is 6.38. The molecule has 0 radical (unpaired) electrons. The average molecular weight is 378 g/mol. The minimum Gasteiger partial charge on any atom is -0.368 e. The second-order valence-corrected chi connectivity index (χ2v) is 8.01. The van der Waals surface area contributed by atoms with Gasteiger partial charge < -0.3 is 20.4 Å². The molecule has 5 nitrogen and oxygen atoms in total. The lowest BCUT2D eigenvalue weighted by atomic mass is 9.98. The Hall–Kier alpha value is -1.46. The molecule has 1 aromatic rings. The molecule has 2 fully saturated rings. The van der Waals surface area contributed by atoms with Crippen molar-refractivity contribution in [2.75, 3.05) is 51.7 Å². The Balaban J connectivity index is 1.51. The van der Waals surface area contributed by atoms with Gasteiger partial charge in [-0.05, 0) is 57.3 Å². The number of anilines is 1. The third-order valence-electron chi connectivity index (χ3n) is 5.46. The van der Waals surface area contributed by atoms with E-state index in [0.29, 0.717) is 12.0 Å². The summed E-state index contributed by atoms with van der Waals surface area (Å²) >= 11 is 6.38. The fourth-order valence-electron chi connectivity index (χ4n) is 4.09. The number of likely N-dealkylation sites (tertiary alicyclic amines) is 1. The van der Waals surface area contributed by atoms with E-state index in [4.69, 9.17) is 11.6 Å². The van der Waals surface area contributed by atoms with Gasteiger partial charge in [-0.3, -0.25) is 4.99 Å². The van der Waals surface area contributed by atoms with Gasteiger partial charge in [-0.25, -0.2) is 0 Å². The number of nitrogens with one attached hydrogen (secondary N) is 2. The Kier molecular flexibility index (Phi) is 7.03. The number of halogens is 1. The molecular weight excluding hydrogens is 346 g/mol. The second kappa shape index (κ2) is 9.47. The van der Waals surface area contributed by atoms with Crippen LogP contribution < -0.4 is 15.5 Å². The summed E-state index contributed by atoms with van der Waals surface area (Å²) in [6, 6.07) is 8.51. The van der Waals surface area contributed by atoms with Gasteiger partial charge in [0.05, 0.1) is 10.7 Å². The van der Waals surface area contributed by atoms with Gasteiger partial charge in [-0.2, -0.15) is 0 Å². The highest BCUT2D eigenvalue weighted by molar-refractivity contribution is 6.33. The van der Waals surface area contributed by atoms with Gasteiger partial charge in [0.2, 0.25) is 0 Å². The van der Waals surface area contributed by atoms with E-state index in [1.807, 2.05) is 19.2 Å². The largest absolute Gasteiger partial charge is 0.368 e. The highest BCUT2D eigenvalue weighted by Gasteiger charge is 2.23. The molecule has 26 heavy (non-hydrogen) atoms. The first-order valence-electron chi connectivity index (χ1n) is 9.81. The molecule has 0 aliphatic carbocycles. The second-order valence-electron chi connectivity index (χ2n) is 7.60. The lowest BCUT2D eigenvalue weighted by Gasteiger charge is -2.36. The van der Waals surface area contributed by atoms with Crippen molar-refractivity contribution in [2.24, 2.45) is 10.9 Å². The summed E-state index contributed by atoms with van der Waals surface area (Å²) in [4.78, 5) is 9.24. The van der Waals surface area contributed by atoms with E-state index in [0.717, 1.165) is 49.1 Å². The first-order valence-corrected chi connectivity index (χ1v) is 10.2. The van der Waals surface area contributed by atoms with Gasteiger partial charge in [-0.1, -0.05) is 23.7 Å². The summed E-state index contributed by atoms with van der Waals surface area (Å²) < 4.78 is 0. The Morgan fingerprint density at radius 1 is 1.19 bits per heavy atom. The number of nitrogens with zero attached hydrogens (tertiary/aromatic N) is 3. The molecule has 2 saturated heterocycles. The number of rotatable bonds is 4. The van der Waals surface area contributed by atoms with E-state index in [-0.39, 0.29) is 0 Å². The third kappa shape index (κ3) is 5.27. The van der Waals surface area contributed by atoms with Crippen LogP contribution in [-0.2, 0) is 0 Å². The van der Waals surface area contributed by atoms with Crippen molar-refractivity contribution in [3.63, 3.8) is 0 Å². The Labute approximate surface area is 162 Å². The van der Waals surface area contributed by atoms with Crippen LogP contribution in [-0.4, -0.2) is 63.7 Å². The quantitative estimate of drug-likeness (QED) is 0.625. The van der Waals surface area contributed by atoms with Crippen LogP contribution in [0.2, 0.25) is 5.02 Å². The van der Waals surface area contributed by atoms with E-state index in [2.05, 4.69) is 44.6 Å². The molecule has 144 valence electrons. The van der Waals surface area contributed by atoms with Crippen LogP contribution in [0.4, 0.5) is 5.69 Å². The Morgan fingerprint density at radius 3 is 2.77 bits per heavy atom. The molecule has 2 atom stereocenters. The van der Waals surface area contributed by atoms with Gasteiger partial charge in [0.15, 0.2) is 5.96 Å². The lowest BCUT2D eigenvalue weighted by molar-refractivity contribution is 0.210. The topological polar surface area (TPSA) is 42.9 Å². The Morgan fingerprint density at radius 2 is 2.00 bits per heavy atom. The van der Waals surface area contributed by atoms with E-state index in [9.17, 15) is 0 Å². The summed E-state index contributed by atoms with van der Waals surface area (Å²) in [5, 5.41) is 7.99. The molecule has 2 aliphatic rings. The molecule has 2 unspecified atom stereocenters. The van der Waals surface area contributed by atoms with Crippen LogP contribution in [0.15, 0.2) is 29.3 Å². The molecule has 2 aliphatic heterocycles. The lowest BCUT2D eigenvalue weighted by Crippen LogP contribution is -2.52. The molecule has 0 saturated carbocycles. The molecule has 0 amide bonds. The maximum absolute atomic E-state index is 6.38. The van der Waals surface area contributed by atoms with Crippen LogP contribution in [0.25, 0.3) is 0 Å². The standard InChI is InChI=1S/C20H32ClN5/c1-22-20(23-13-16-7-5-11-25(2)14-16)24-17-8-6-12-26(15-17)19-10-4-3-9-18(19)21/h3-4,9-10,16-17H,5-8,11-15H2,1-2H3,(H2,22,23,24). The normalized spacial score (nSPS) is 25.2. The average Bonchev–Trinajstić information content (AvgIpc) is 2.66. The van der Waals surface area contributed by atoms with Gasteiger partial charge >= 0.3 is 0 Å². The van der Waals surface area contributed by atoms with Gasteiger partial charge in [-0.15, -0.1) is 0 Å². The van der Waals surface area contributed by atoms with Gasteiger partial charge in [0, 0.05) is 39.3 Å². The van der Waals surface area contributed by atoms with Crippen molar-refractivity contribution in [1.82, 2.24) is 15.5 Å².